The summed E-state index contributed by atoms with van der Waals surface area (Å²) in [4.78, 5) is 41.1. The highest BCUT2D eigenvalue weighted by molar-refractivity contribution is 7.10. The van der Waals surface area contributed by atoms with Crippen LogP contribution in [-0.2, 0) is 19.1 Å². The fourth-order valence-electron chi connectivity index (χ4n) is 4.06. The molecule has 1 N–H and O–H groups in total. The summed E-state index contributed by atoms with van der Waals surface area (Å²) >= 11 is 1.47. The number of benzene rings is 2. The van der Waals surface area contributed by atoms with Crippen molar-refractivity contribution >= 4 is 40.5 Å². The lowest BCUT2D eigenvalue weighted by atomic mass is 9.99. The van der Waals surface area contributed by atoms with Crippen LogP contribution in [0.1, 0.15) is 22.9 Å². The Morgan fingerprint density at radius 3 is 2.34 bits per heavy atom. The van der Waals surface area contributed by atoms with E-state index in [1.807, 2.05) is 48.7 Å². The van der Waals surface area contributed by atoms with E-state index in [-0.39, 0.29) is 12.3 Å². The molecule has 182 valence electrons. The third kappa shape index (κ3) is 5.46. The molecule has 2 unspecified atom stereocenters. The maximum Gasteiger partial charge on any atom is 0.312 e. The minimum absolute atomic E-state index is 0.00395. The number of aryl methyl sites for hydroxylation is 1. The SMILES string of the molecule is COc1cc(NC(=O)COC(=O)C2CC(=O)N(c3ccc(C)cc3)C2c2cccs2)cc(OC)c1. The van der Waals surface area contributed by atoms with E-state index in [0.717, 1.165) is 16.1 Å². The summed E-state index contributed by atoms with van der Waals surface area (Å²) < 4.78 is 15.8. The fraction of sp³-hybridized carbons (Fsp3) is 0.269. The molecule has 2 atom stereocenters. The molecule has 9 heteroatoms. The second-order valence-electron chi connectivity index (χ2n) is 8.13. The van der Waals surface area contributed by atoms with Gasteiger partial charge >= 0.3 is 5.97 Å². The summed E-state index contributed by atoms with van der Waals surface area (Å²) in [5.41, 5.74) is 2.24. The highest BCUT2D eigenvalue weighted by Crippen LogP contribution is 2.43. The second kappa shape index (κ2) is 10.6. The molecule has 0 radical (unpaired) electrons. The van der Waals surface area contributed by atoms with Crippen LogP contribution >= 0.6 is 11.3 Å². The van der Waals surface area contributed by atoms with Crippen molar-refractivity contribution in [3.63, 3.8) is 0 Å². The zero-order valence-corrected chi connectivity index (χ0v) is 20.5. The van der Waals surface area contributed by atoms with Crippen LogP contribution in [0.15, 0.2) is 60.0 Å². The Bertz CT molecular complexity index is 1190. The maximum absolute atomic E-state index is 13.1. The summed E-state index contributed by atoms with van der Waals surface area (Å²) in [6.07, 6.45) is 0.00395. The molecule has 4 rings (SSSR count). The number of esters is 1. The van der Waals surface area contributed by atoms with Gasteiger partial charge in [0.05, 0.1) is 26.2 Å². The first-order valence-electron chi connectivity index (χ1n) is 11.0. The van der Waals surface area contributed by atoms with Gasteiger partial charge in [-0.25, -0.2) is 0 Å². The summed E-state index contributed by atoms with van der Waals surface area (Å²) in [6, 6.07) is 15.8. The molecule has 35 heavy (non-hydrogen) atoms. The van der Waals surface area contributed by atoms with Crippen molar-refractivity contribution < 1.29 is 28.6 Å². The first-order chi connectivity index (χ1) is 16.9. The molecule has 0 saturated carbocycles. The Morgan fingerprint density at radius 1 is 1.06 bits per heavy atom. The number of nitrogens with zero attached hydrogens (tertiary/aromatic N) is 1. The number of hydrogen-bond donors (Lipinski definition) is 1. The normalized spacial score (nSPS) is 17.2. The van der Waals surface area contributed by atoms with Crippen LogP contribution in [0.3, 0.4) is 0 Å². The van der Waals surface area contributed by atoms with Gasteiger partial charge in [0.1, 0.15) is 11.5 Å². The lowest BCUT2D eigenvalue weighted by Crippen LogP contribution is -2.31. The number of rotatable bonds is 8. The second-order valence-corrected chi connectivity index (χ2v) is 9.11. The van der Waals surface area contributed by atoms with Gasteiger partial charge in [0, 0.05) is 40.9 Å². The Kier molecular flexibility index (Phi) is 7.36. The van der Waals surface area contributed by atoms with Gasteiger partial charge in [-0.05, 0) is 30.5 Å². The minimum Gasteiger partial charge on any atom is -0.497 e. The van der Waals surface area contributed by atoms with E-state index in [0.29, 0.717) is 17.2 Å². The smallest absolute Gasteiger partial charge is 0.312 e. The van der Waals surface area contributed by atoms with Gasteiger partial charge in [-0.1, -0.05) is 23.8 Å². The van der Waals surface area contributed by atoms with Crippen molar-refractivity contribution in [2.75, 3.05) is 31.0 Å². The molecule has 1 aliphatic heterocycles. The van der Waals surface area contributed by atoms with Crippen LogP contribution in [0, 0.1) is 12.8 Å². The number of carbonyl (C=O) groups excluding carboxylic acids is 3. The topological polar surface area (TPSA) is 94.2 Å². The van der Waals surface area contributed by atoms with E-state index in [1.54, 1.807) is 23.1 Å². The zero-order chi connectivity index (χ0) is 24.9. The Hall–Kier alpha value is -3.85. The standard InChI is InChI=1S/C26H26N2O6S/c1-16-6-8-18(9-7-16)28-24(30)14-21(25(28)22-5-4-10-35-22)26(31)34-15-23(29)27-17-11-19(32-2)13-20(12-17)33-3/h4-13,21,25H,14-15H2,1-3H3,(H,27,29). The minimum atomic E-state index is -0.729. The third-order valence-electron chi connectivity index (χ3n) is 5.75. The maximum atomic E-state index is 13.1. The van der Waals surface area contributed by atoms with Crippen molar-refractivity contribution in [3.05, 3.63) is 70.4 Å². The molecule has 1 aliphatic rings. The molecule has 2 aromatic carbocycles. The van der Waals surface area contributed by atoms with Crippen LogP contribution < -0.4 is 19.7 Å². The predicted octanol–water partition coefficient (Wildman–Crippen LogP) is 4.35. The van der Waals surface area contributed by atoms with Crippen molar-refractivity contribution in [3.8, 4) is 11.5 Å². The first kappa shape index (κ1) is 24.3. The van der Waals surface area contributed by atoms with Gasteiger partial charge in [0.2, 0.25) is 5.91 Å². The number of hydrogen-bond acceptors (Lipinski definition) is 7. The van der Waals surface area contributed by atoms with Gasteiger partial charge in [-0.3, -0.25) is 14.4 Å². The highest BCUT2D eigenvalue weighted by Gasteiger charge is 2.46. The van der Waals surface area contributed by atoms with Crippen LogP contribution in [0.2, 0.25) is 0 Å². The molecule has 2 amide bonds. The molecule has 1 fully saturated rings. The zero-order valence-electron chi connectivity index (χ0n) is 19.6. The van der Waals surface area contributed by atoms with E-state index in [1.165, 1.54) is 25.6 Å². The molecule has 1 aromatic heterocycles. The van der Waals surface area contributed by atoms with Crippen molar-refractivity contribution in [2.45, 2.75) is 19.4 Å². The van der Waals surface area contributed by atoms with E-state index in [4.69, 9.17) is 14.2 Å². The van der Waals surface area contributed by atoms with Crippen LogP contribution in [0.4, 0.5) is 11.4 Å². The van der Waals surface area contributed by atoms with Gasteiger partial charge < -0.3 is 24.4 Å². The number of anilines is 2. The number of ether oxygens (including phenoxy) is 3. The monoisotopic (exact) mass is 494 g/mol. The third-order valence-corrected chi connectivity index (χ3v) is 6.70. The largest absolute Gasteiger partial charge is 0.497 e. The van der Waals surface area contributed by atoms with Crippen LogP contribution in [-0.4, -0.2) is 38.6 Å². The van der Waals surface area contributed by atoms with E-state index < -0.39 is 30.4 Å². The number of nitrogens with one attached hydrogen (secondary N) is 1. The molecule has 1 saturated heterocycles. The Morgan fingerprint density at radius 2 is 1.74 bits per heavy atom. The fourth-order valence-corrected chi connectivity index (χ4v) is 4.94. The van der Waals surface area contributed by atoms with Crippen molar-refractivity contribution in [1.82, 2.24) is 0 Å². The molecular formula is C26H26N2O6S. The predicted molar refractivity (Wildman–Crippen MR) is 133 cm³/mol. The molecule has 3 aromatic rings. The average Bonchev–Trinajstić information content (AvgIpc) is 3.50. The van der Waals surface area contributed by atoms with Crippen molar-refractivity contribution in [2.24, 2.45) is 5.92 Å². The van der Waals surface area contributed by atoms with Gasteiger partial charge in [0.25, 0.3) is 5.91 Å². The average molecular weight is 495 g/mol. The number of methoxy groups -OCH3 is 2. The lowest BCUT2D eigenvalue weighted by molar-refractivity contribution is -0.152. The summed E-state index contributed by atoms with van der Waals surface area (Å²) in [5.74, 6) is -0.979. The van der Waals surface area contributed by atoms with Gasteiger partial charge in [0.15, 0.2) is 6.61 Å². The summed E-state index contributed by atoms with van der Waals surface area (Å²) in [5, 5.41) is 4.58. The van der Waals surface area contributed by atoms with E-state index in [2.05, 4.69) is 5.32 Å². The van der Waals surface area contributed by atoms with E-state index in [9.17, 15) is 14.4 Å². The van der Waals surface area contributed by atoms with Crippen molar-refractivity contribution in [1.29, 1.82) is 0 Å². The number of amides is 2. The lowest BCUT2D eigenvalue weighted by Gasteiger charge is -2.27. The highest BCUT2D eigenvalue weighted by atomic mass is 32.1. The molecule has 8 nitrogen and oxygen atoms in total. The van der Waals surface area contributed by atoms with Gasteiger partial charge in [-0.2, -0.15) is 0 Å². The quantitative estimate of drug-likeness (QED) is 0.468. The molecular weight excluding hydrogens is 468 g/mol. The van der Waals surface area contributed by atoms with E-state index >= 15 is 0 Å². The number of thiophene rings is 1. The van der Waals surface area contributed by atoms with Crippen LogP contribution in [0.5, 0.6) is 11.5 Å². The molecule has 0 aliphatic carbocycles. The van der Waals surface area contributed by atoms with Gasteiger partial charge in [-0.15, -0.1) is 11.3 Å². The Labute approximate surface area is 207 Å². The summed E-state index contributed by atoms with van der Waals surface area (Å²) in [7, 11) is 3.02. The van der Waals surface area contributed by atoms with Crippen LogP contribution in [0.25, 0.3) is 0 Å². The molecule has 2 heterocycles. The number of carbonyl (C=O) groups is 3. The molecule has 0 bridgehead atoms. The Balaban J connectivity index is 1.47. The molecule has 0 spiro atoms. The first-order valence-corrected chi connectivity index (χ1v) is 11.9. The summed E-state index contributed by atoms with van der Waals surface area (Å²) in [6.45, 7) is 1.49.